The number of primary amides is 1. The lowest BCUT2D eigenvalue weighted by Crippen LogP contribution is -2.50. The minimum atomic E-state index is -0.666. The van der Waals surface area contributed by atoms with Crippen molar-refractivity contribution in [1.29, 1.82) is 0 Å². The highest BCUT2D eigenvalue weighted by Gasteiger charge is 2.27. The van der Waals surface area contributed by atoms with E-state index in [2.05, 4.69) is 9.97 Å². The Balaban J connectivity index is 2.16. The number of nitrogens with zero attached hydrogens (tertiary/aromatic N) is 3. The lowest BCUT2D eigenvalue weighted by molar-refractivity contribution is 0.0951. The summed E-state index contributed by atoms with van der Waals surface area (Å²) in [5.74, 6) is -0.266. The smallest absolute Gasteiger partial charge is 0.268 e. The molecule has 1 aromatic heterocycles. The summed E-state index contributed by atoms with van der Waals surface area (Å²) in [6, 6.07) is 5.10. The Kier molecular flexibility index (Phi) is 5.62. The number of hydrogen-bond acceptors (Lipinski definition) is 6. The van der Waals surface area contributed by atoms with E-state index in [9.17, 15) is 4.79 Å². The van der Waals surface area contributed by atoms with E-state index in [4.69, 9.17) is 39.4 Å². The number of morpholine rings is 1. The van der Waals surface area contributed by atoms with Crippen LogP contribution in [0.15, 0.2) is 18.2 Å². The first kappa shape index (κ1) is 18.8. The number of aryl methyl sites for hydroxylation is 1. The monoisotopic (exact) mass is 395 g/mol. The Labute approximate surface area is 161 Å². The molecule has 3 rings (SSSR count). The maximum Gasteiger partial charge on any atom is 0.268 e. The number of carbonyl (C=O) groups excluding carboxylic acids is 1. The largest absolute Gasteiger partial charge is 0.377 e. The van der Waals surface area contributed by atoms with Gasteiger partial charge in [-0.3, -0.25) is 4.79 Å². The zero-order valence-electron chi connectivity index (χ0n) is 14.2. The van der Waals surface area contributed by atoms with Crippen LogP contribution in [0.4, 0.5) is 5.95 Å². The van der Waals surface area contributed by atoms with Crippen molar-refractivity contribution < 1.29 is 9.53 Å². The molecule has 0 spiro atoms. The van der Waals surface area contributed by atoms with Gasteiger partial charge in [-0.2, -0.15) is 0 Å². The molecule has 1 aliphatic rings. The lowest BCUT2D eigenvalue weighted by Gasteiger charge is -2.35. The van der Waals surface area contributed by atoms with Gasteiger partial charge < -0.3 is 21.1 Å². The highest BCUT2D eigenvalue weighted by Crippen LogP contribution is 2.36. The van der Waals surface area contributed by atoms with Crippen molar-refractivity contribution in [3.63, 3.8) is 0 Å². The van der Waals surface area contributed by atoms with Gasteiger partial charge in [0.1, 0.15) is 5.69 Å². The molecule has 2 heterocycles. The maximum absolute atomic E-state index is 12.1. The topological polar surface area (TPSA) is 107 Å². The third-order valence-electron chi connectivity index (χ3n) is 4.29. The minimum absolute atomic E-state index is 0.0653. The highest BCUT2D eigenvalue weighted by atomic mass is 35.5. The average molecular weight is 396 g/mol. The summed E-state index contributed by atoms with van der Waals surface area (Å²) in [4.78, 5) is 23.1. The summed E-state index contributed by atoms with van der Waals surface area (Å²) in [5.41, 5.74) is 13.1. The number of anilines is 1. The van der Waals surface area contributed by atoms with Crippen LogP contribution in [0.2, 0.25) is 10.0 Å². The van der Waals surface area contributed by atoms with E-state index in [0.29, 0.717) is 59.1 Å². The van der Waals surface area contributed by atoms with E-state index in [1.54, 1.807) is 25.1 Å². The fraction of sp³-hybridized carbons (Fsp3) is 0.353. The zero-order chi connectivity index (χ0) is 18.8. The van der Waals surface area contributed by atoms with Gasteiger partial charge in [0.25, 0.3) is 5.91 Å². The van der Waals surface area contributed by atoms with Crippen LogP contribution in [0.5, 0.6) is 0 Å². The number of hydrogen-bond donors (Lipinski definition) is 2. The first-order chi connectivity index (χ1) is 12.4. The molecular formula is C17H19Cl2N5O2. The summed E-state index contributed by atoms with van der Waals surface area (Å²) in [5, 5.41) is 0.696. The van der Waals surface area contributed by atoms with E-state index in [1.807, 2.05) is 4.90 Å². The number of amides is 1. The van der Waals surface area contributed by atoms with Crippen LogP contribution in [-0.4, -0.2) is 48.2 Å². The predicted molar refractivity (Wildman–Crippen MR) is 102 cm³/mol. The second-order valence-corrected chi connectivity index (χ2v) is 6.74. The average Bonchev–Trinajstić information content (AvgIpc) is 2.63. The molecule has 1 atom stereocenters. The van der Waals surface area contributed by atoms with Gasteiger partial charge in [0.05, 0.1) is 35.0 Å². The quantitative estimate of drug-likeness (QED) is 0.819. The van der Waals surface area contributed by atoms with Gasteiger partial charge in [-0.05, 0) is 13.0 Å². The lowest BCUT2D eigenvalue weighted by atomic mass is 10.0. The summed E-state index contributed by atoms with van der Waals surface area (Å²) in [6.45, 7) is 3.76. The highest BCUT2D eigenvalue weighted by molar-refractivity contribution is 6.43. The summed E-state index contributed by atoms with van der Waals surface area (Å²) in [7, 11) is 0. The Morgan fingerprint density at radius 1 is 1.38 bits per heavy atom. The number of benzene rings is 1. The third-order valence-corrected chi connectivity index (χ3v) is 5.11. The Hall–Kier alpha value is -1.93. The molecule has 7 nitrogen and oxygen atoms in total. The van der Waals surface area contributed by atoms with Gasteiger partial charge in [-0.1, -0.05) is 35.3 Å². The molecule has 0 unspecified atom stereocenters. The van der Waals surface area contributed by atoms with Crippen LogP contribution in [0.25, 0.3) is 11.1 Å². The third kappa shape index (κ3) is 3.48. The van der Waals surface area contributed by atoms with Crippen LogP contribution in [0.1, 0.15) is 16.2 Å². The van der Waals surface area contributed by atoms with Crippen molar-refractivity contribution in [2.24, 2.45) is 11.5 Å². The molecular weight excluding hydrogens is 377 g/mol. The molecule has 1 aliphatic heterocycles. The van der Waals surface area contributed by atoms with Gasteiger partial charge >= 0.3 is 0 Å². The Bertz CT molecular complexity index is 846. The van der Waals surface area contributed by atoms with Crippen molar-refractivity contribution in [3.05, 3.63) is 39.6 Å². The van der Waals surface area contributed by atoms with Gasteiger partial charge in [0.15, 0.2) is 0 Å². The molecule has 0 saturated carbocycles. The number of aromatic nitrogens is 2. The number of rotatable bonds is 4. The summed E-state index contributed by atoms with van der Waals surface area (Å²) < 4.78 is 5.45. The van der Waals surface area contributed by atoms with Crippen molar-refractivity contribution in [2.45, 2.75) is 13.0 Å². The van der Waals surface area contributed by atoms with Crippen LogP contribution < -0.4 is 16.4 Å². The number of carbonyl (C=O) groups is 1. The van der Waals surface area contributed by atoms with Crippen molar-refractivity contribution >= 4 is 35.1 Å². The molecule has 26 heavy (non-hydrogen) atoms. The maximum atomic E-state index is 12.1. The SMILES string of the molecule is Cc1nc(N2CCOC[C@@H]2CN)nc(C(N)=O)c1-c1cccc(Cl)c1Cl. The molecule has 4 N–H and O–H groups in total. The zero-order valence-corrected chi connectivity index (χ0v) is 15.7. The predicted octanol–water partition coefficient (Wildman–Crippen LogP) is 2.02. The van der Waals surface area contributed by atoms with Crippen LogP contribution in [0, 0.1) is 6.92 Å². The van der Waals surface area contributed by atoms with Crippen molar-refractivity contribution in [2.75, 3.05) is 31.2 Å². The van der Waals surface area contributed by atoms with E-state index >= 15 is 0 Å². The molecule has 1 fully saturated rings. The molecule has 2 aromatic rings. The fourth-order valence-electron chi connectivity index (χ4n) is 3.00. The van der Waals surface area contributed by atoms with Gasteiger partial charge in [-0.25, -0.2) is 9.97 Å². The Morgan fingerprint density at radius 2 is 2.15 bits per heavy atom. The van der Waals surface area contributed by atoms with E-state index in [0.717, 1.165) is 0 Å². The van der Waals surface area contributed by atoms with Crippen LogP contribution in [0.3, 0.4) is 0 Å². The molecule has 138 valence electrons. The molecule has 9 heteroatoms. The number of nitrogens with two attached hydrogens (primary N) is 2. The standard InChI is InChI=1S/C17H19Cl2N5O2/c1-9-13(11-3-2-4-12(18)14(11)19)15(16(21)25)23-17(22-9)24-5-6-26-8-10(24)7-20/h2-4,10H,5-8,20H2,1H3,(H2,21,25)/t10-/m0/s1. The minimum Gasteiger partial charge on any atom is -0.377 e. The summed E-state index contributed by atoms with van der Waals surface area (Å²) in [6.07, 6.45) is 0. The molecule has 1 amide bonds. The molecule has 1 aromatic carbocycles. The first-order valence-electron chi connectivity index (χ1n) is 8.11. The molecule has 0 radical (unpaired) electrons. The number of ether oxygens (including phenoxy) is 1. The summed E-state index contributed by atoms with van der Waals surface area (Å²) >= 11 is 12.4. The van der Waals surface area contributed by atoms with Gasteiger partial charge in [0.2, 0.25) is 5.95 Å². The van der Waals surface area contributed by atoms with Gasteiger partial charge in [-0.15, -0.1) is 0 Å². The number of halogens is 2. The molecule has 1 saturated heterocycles. The van der Waals surface area contributed by atoms with E-state index < -0.39 is 5.91 Å². The van der Waals surface area contributed by atoms with Gasteiger partial charge in [0, 0.05) is 24.2 Å². The Morgan fingerprint density at radius 3 is 2.85 bits per heavy atom. The van der Waals surface area contributed by atoms with Crippen LogP contribution >= 0.6 is 23.2 Å². The molecule has 0 aliphatic carbocycles. The van der Waals surface area contributed by atoms with E-state index in [-0.39, 0.29) is 11.7 Å². The molecule has 0 bridgehead atoms. The second-order valence-electron chi connectivity index (χ2n) is 5.96. The van der Waals surface area contributed by atoms with Crippen molar-refractivity contribution in [3.8, 4) is 11.1 Å². The normalized spacial score (nSPS) is 17.4. The van der Waals surface area contributed by atoms with E-state index in [1.165, 1.54) is 0 Å². The fourth-order valence-corrected chi connectivity index (χ4v) is 3.39. The second kappa shape index (κ2) is 7.75. The van der Waals surface area contributed by atoms with Crippen LogP contribution in [-0.2, 0) is 4.74 Å². The first-order valence-corrected chi connectivity index (χ1v) is 8.87. The van der Waals surface area contributed by atoms with Crippen molar-refractivity contribution in [1.82, 2.24) is 9.97 Å².